The van der Waals surface area contributed by atoms with Crippen molar-refractivity contribution in [3.8, 4) is 17.1 Å². The highest BCUT2D eigenvalue weighted by molar-refractivity contribution is 7.98. The molecule has 0 fully saturated rings. The number of hydrogen-bond acceptors (Lipinski definition) is 5. The molecule has 134 valence electrons. The summed E-state index contributed by atoms with van der Waals surface area (Å²) in [5, 5.41) is 9.69. The Balaban J connectivity index is 1.80. The van der Waals surface area contributed by atoms with Crippen LogP contribution in [-0.4, -0.2) is 28.1 Å². The number of aromatic nitrogens is 3. The van der Waals surface area contributed by atoms with Gasteiger partial charge in [-0.05, 0) is 48.2 Å². The van der Waals surface area contributed by atoms with Crippen LogP contribution in [-0.2, 0) is 12.3 Å². The van der Waals surface area contributed by atoms with E-state index in [0.717, 1.165) is 28.0 Å². The molecule has 0 unspecified atom stereocenters. The molecule has 3 aromatic rings. The van der Waals surface area contributed by atoms with Gasteiger partial charge < -0.3 is 4.74 Å². The summed E-state index contributed by atoms with van der Waals surface area (Å²) in [6, 6.07) is 16.5. The largest absolute Gasteiger partial charge is 0.497 e. The molecule has 0 aliphatic carbocycles. The summed E-state index contributed by atoms with van der Waals surface area (Å²) in [4.78, 5) is 1.27. The number of benzene rings is 2. The van der Waals surface area contributed by atoms with Crippen molar-refractivity contribution in [2.24, 2.45) is 0 Å². The molecule has 3 rings (SSSR count). The number of hydrogen-bond donors (Lipinski definition) is 0. The van der Waals surface area contributed by atoms with Crippen LogP contribution >= 0.6 is 23.5 Å². The van der Waals surface area contributed by atoms with Crippen molar-refractivity contribution in [1.29, 1.82) is 0 Å². The monoisotopic (exact) mass is 383 g/mol. The van der Waals surface area contributed by atoms with Crippen LogP contribution in [0, 0.1) is 0 Å². The smallest absolute Gasteiger partial charge is 0.192 e. The second-order valence-corrected chi connectivity index (χ2v) is 7.39. The molecule has 1 heterocycles. The van der Waals surface area contributed by atoms with Crippen LogP contribution < -0.4 is 4.74 Å². The molecule has 0 spiro atoms. The van der Waals surface area contributed by atoms with Crippen LogP contribution in [0.2, 0.25) is 0 Å². The number of methoxy groups -OCH3 is 1. The predicted octanol–water partition coefficient (Wildman–Crippen LogP) is 5.15. The molecule has 0 aliphatic heterocycles. The van der Waals surface area contributed by atoms with Crippen molar-refractivity contribution >= 4 is 23.5 Å². The maximum atomic E-state index is 5.23. The highest BCUT2D eigenvalue weighted by atomic mass is 32.2. The molecule has 0 radical (unpaired) electrons. The minimum atomic E-state index is 0.669. The lowest BCUT2D eigenvalue weighted by atomic mass is 10.2. The molecule has 26 heavy (non-hydrogen) atoms. The van der Waals surface area contributed by atoms with Gasteiger partial charge in [0.15, 0.2) is 11.0 Å². The van der Waals surface area contributed by atoms with Gasteiger partial charge in [-0.2, -0.15) is 0 Å². The van der Waals surface area contributed by atoms with E-state index in [1.165, 1.54) is 10.5 Å². The zero-order chi connectivity index (χ0) is 18.4. The average Bonchev–Trinajstić information content (AvgIpc) is 3.10. The highest BCUT2D eigenvalue weighted by Crippen LogP contribution is 2.28. The SMILES string of the molecule is C=CCn1c(SCc2ccc(SC)cc2)nnc1-c1ccc(OC)cc1. The van der Waals surface area contributed by atoms with Crippen LogP contribution in [0.5, 0.6) is 5.75 Å². The van der Waals surface area contributed by atoms with Gasteiger partial charge in [-0.1, -0.05) is 30.0 Å². The summed E-state index contributed by atoms with van der Waals surface area (Å²) >= 11 is 3.44. The Labute approximate surface area is 162 Å². The quantitative estimate of drug-likeness (QED) is 0.397. The summed E-state index contributed by atoms with van der Waals surface area (Å²) in [6.07, 6.45) is 3.95. The van der Waals surface area contributed by atoms with Gasteiger partial charge >= 0.3 is 0 Å². The van der Waals surface area contributed by atoms with Crippen molar-refractivity contribution in [3.63, 3.8) is 0 Å². The fourth-order valence-corrected chi connectivity index (χ4v) is 3.82. The van der Waals surface area contributed by atoms with Crippen LogP contribution in [0.3, 0.4) is 0 Å². The Kier molecular flexibility index (Phi) is 6.41. The van der Waals surface area contributed by atoms with Crippen LogP contribution in [0.1, 0.15) is 5.56 Å². The van der Waals surface area contributed by atoms with E-state index in [2.05, 4.69) is 51.9 Å². The van der Waals surface area contributed by atoms with E-state index in [4.69, 9.17) is 4.74 Å². The van der Waals surface area contributed by atoms with Crippen molar-refractivity contribution < 1.29 is 4.74 Å². The third kappa shape index (κ3) is 4.31. The van der Waals surface area contributed by atoms with Crippen LogP contribution in [0.4, 0.5) is 0 Å². The molecule has 0 atom stereocenters. The maximum absolute atomic E-state index is 5.23. The molecular weight excluding hydrogens is 362 g/mol. The first-order chi connectivity index (χ1) is 12.7. The molecular formula is C20H21N3OS2. The molecule has 2 aromatic carbocycles. The lowest BCUT2D eigenvalue weighted by Crippen LogP contribution is -2.00. The summed E-state index contributed by atoms with van der Waals surface area (Å²) in [5.74, 6) is 2.52. The average molecular weight is 384 g/mol. The second kappa shape index (κ2) is 8.96. The van der Waals surface area contributed by atoms with Gasteiger partial charge in [-0.3, -0.25) is 4.57 Å². The van der Waals surface area contributed by atoms with E-state index in [1.807, 2.05) is 30.3 Å². The minimum Gasteiger partial charge on any atom is -0.497 e. The van der Waals surface area contributed by atoms with E-state index < -0.39 is 0 Å². The van der Waals surface area contributed by atoms with Gasteiger partial charge in [0.05, 0.1) is 7.11 Å². The first-order valence-electron chi connectivity index (χ1n) is 8.19. The zero-order valence-electron chi connectivity index (χ0n) is 14.9. The maximum Gasteiger partial charge on any atom is 0.192 e. The lowest BCUT2D eigenvalue weighted by molar-refractivity contribution is 0.415. The Morgan fingerprint density at radius 1 is 1.08 bits per heavy atom. The van der Waals surface area contributed by atoms with Crippen molar-refractivity contribution in [1.82, 2.24) is 14.8 Å². The molecule has 1 aromatic heterocycles. The topological polar surface area (TPSA) is 39.9 Å². The van der Waals surface area contributed by atoms with Gasteiger partial charge in [0.2, 0.25) is 0 Å². The third-order valence-corrected chi connectivity index (χ3v) is 5.69. The Bertz CT molecular complexity index is 858. The van der Waals surface area contributed by atoms with Gasteiger partial charge in [0.1, 0.15) is 5.75 Å². The third-order valence-electron chi connectivity index (χ3n) is 3.90. The van der Waals surface area contributed by atoms with Crippen LogP contribution in [0.15, 0.2) is 71.2 Å². The van der Waals surface area contributed by atoms with E-state index >= 15 is 0 Å². The van der Waals surface area contributed by atoms with Gasteiger partial charge in [0.25, 0.3) is 0 Å². The molecule has 0 amide bonds. The Morgan fingerprint density at radius 3 is 2.42 bits per heavy atom. The fourth-order valence-electron chi connectivity index (χ4n) is 2.51. The summed E-state index contributed by atoms with van der Waals surface area (Å²) < 4.78 is 7.32. The zero-order valence-corrected chi connectivity index (χ0v) is 16.5. The van der Waals surface area contributed by atoms with Gasteiger partial charge in [0, 0.05) is 22.8 Å². The molecule has 0 saturated heterocycles. The molecule has 0 saturated carbocycles. The first kappa shape index (κ1) is 18.6. The Morgan fingerprint density at radius 2 is 1.81 bits per heavy atom. The second-order valence-electron chi connectivity index (χ2n) is 5.57. The predicted molar refractivity (Wildman–Crippen MR) is 110 cm³/mol. The number of nitrogens with zero attached hydrogens (tertiary/aromatic N) is 3. The first-order valence-corrected chi connectivity index (χ1v) is 10.4. The number of rotatable bonds is 8. The molecule has 6 heteroatoms. The minimum absolute atomic E-state index is 0.669. The van der Waals surface area contributed by atoms with E-state index in [1.54, 1.807) is 30.6 Å². The fraction of sp³-hybridized carbons (Fsp3) is 0.200. The normalized spacial score (nSPS) is 10.7. The van der Waals surface area contributed by atoms with Crippen LogP contribution in [0.25, 0.3) is 11.4 Å². The van der Waals surface area contributed by atoms with Gasteiger partial charge in [-0.15, -0.1) is 28.5 Å². The Hall–Kier alpha value is -2.18. The number of thioether (sulfide) groups is 2. The molecule has 0 aliphatic rings. The lowest BCUT2D eigenvalue weighted by Gasteiger charge is -2.08. The van der Waals surface area contributed by atoms with Crippen molar-refractivity contribution in [3.05, 3.63) is 66.7 Å². The summed E-state index contributed by atoms with van der Waals surface area (Å²) in [5.41, 5.74) is 2.28. The summed E-state index contributed by atoms with van der Waals surface area (Å²) in [7, 11) is 1.66. The number of allylic oxidation sites excluding steroid dienone is 1. The van der Waals surface area contributed by atoms with Gasteiger partial charge in [-0.25, -0.2) is 0 Å². The van der Waals surface area contributed by atoms with E-state index in [-0.39, 0.29) is 0 Å². The molecule has 0 N–H and O–H groups in total. The molecule has 0 bridgehead atoms. The van der Waals surface area contributed by atoms with Crippen molar-refractivity contribution in [2.45, 2.75) is 22.3 Å². The number of ether oxygens (including phenoxy) is 1. The van der Waals surface area contributed by atoms with Crippen molar-refractivity contribution in [2.75, 3.05) is 13.4 Å². The highest BCUT2D eigenvalue weighted by Gasteiger charge is 2.13. The van der Waals surface area contributed by atoms with E-state index in [0.29, 0.717) is 6.54 Å². The summed E-state index contributed by atoms with van der Waals surface area (Å²) in [6.45, 7) is 4.54. The molecule has 4 nitrogen and oxygen atoms in total. The standard InChI is InChI=1S/C20H21N3OS2/c1-4-13-23-19(16-7-9-17(24-2)10-8-16)21-22-20(23)26-14-15-5-11-18(25-3)12-6-15/h4-12H,1,13-14H2,2-3H3. The van der Waals surface area contributed by atoms with E-state index in [9.17, 15) is 0 Å².